The molecule has 0 aromatic carbocycles. The molecule has 1 N–H and O–H groups in total. The van der Waals surface area contributed by atoms with Gasteiger partial charge in [0.2, 0.25) is 0 Å². The molecule has 1 fully saturated rings. The summed E-state index contributed by atoms with van der Waals surface area (Å²) in [6.45, 7) is 6.12. The molecule has 74 valence electrons. The molecular formula is C11H18O2. The normalized spacial score (nSPS) is 31.6. The highest BCUT2D eigenvalue weighted by molar-refractivity contribution is 5.72. The van der Waals surface area contributed by atoms with Gasteiger partial charge in [-0.05, 0) is 31.1 Å². The van der Waals surface area contributed by atoms with Crippen LogP contribution >= 0.6 is 0 Å². The number of carboxylic acids is 1. The molecule has 0 spiro atoms. The number of aliphatic carboxylic acids is 1. The minimum absolute atomic E-state index is 0.0225. The Hall–Kier alpha value is -0.790. The summed E-state index contributed by atoms with van der Waals surface area (Å²) in [6, 6.07) is 0. The third kappa shape index (κ3) is 1.77. The molecular weight excluding hydrogens is 164 g/mol. The van der Waals surface area contributed by atoms with Crippen molar-refractivity contribution in [3.05, 3.63) is 12.2 Å². The molecule has 2 heteroatoms. The maximum absolute atomic E-state index is 10.8. The highest BCUT2D eigenvalue weighted by atomic mass is 16.4. The van der Waals surface area contributed by atoms with Crippen molar-refractivity contribution in [3.8, 4) is 0 Å². The molecule has 1 aliphatic rings. The summed E-state index contributed by atoms with van der Waals surface area (Å²) in [5.41, 5.74) is -0.0225. The summed E-state index contributed by atoms with van der Waals surface area (Å²) in [5, 5.41) is 8.89. The van der Waals surface area contributed by atoms with Crippen molar-refractivity contribution in [1.29, 1.82) is 0 Å². The number of rotatable bonds is 3. The van der Waals surface area contributed by atoms with Gasteiger partial charge in [0.15, 0.2) is 0 Å². The zero-order valence-electron chi connectivity index (χ0n) is 8.58. The molecule has 0 radical (unpaired) electrons. The first-order chi connectivity index (χ1) is 6.00. The Kier molecular flexibility index (Phi) is 2.79. The third-order valence-electron chi connectivity index (χ3n) is 3.42. The van der Waals surface area contributed by atoms with Crippen LogP contribution in [0.2, 0.25) is 0 Å². The van der Waals surface area contributed by atoms with E-state index >= 15 is 0 Å². The van der Waals surface area contributed by atoms with Crippen molar-refractivity contribution in [3.63, 3.8) is 0 Å². The van der Waals surface area contributed by atoms with E-state index in [0.717, 1.165) is 12.8 Å². The zero-order chi connectivity index (χ0) is 10.1. The molecule has 0 saturated heterocycles. The topological polar surface area (TPSA) is 37.3 Å². The minimum atomic E-state index is -0.637. The van der Waals surface area contributed by atoms with Crippen molar-refractivity contribution < 1.29 is 9.90 Å². The van der Waals surface area contributed by atoms with Gasteiger partial charge in [-0.1, -0.05) is 26.0 Å². The lowest BCUT2D eigenvalue weighted by Gasteiger charge is -2.49. The highest BCUT2D eigenvalue weighted by Crippen LogP contribution is 2.52. The number of allylic oxidation sites excluding steroid dienone is 2. The summed E-state index contributed by atoms with van der Waals surface area (Å²) >= 11 is 0. The molecule has 0 aromatic heterocycles. The van der Waals surface area contributed by atoms with Gasteiger partial charge in [-0.3, -0.25) is 4.79 Å². The maximum Gasteiger partial charge on any atom is 0.307 e. The number of carboxylic acid groups (broad SMARTS) is 1. The van der Waals surface area contributed by atoms with Crippen LogP contribution in [0.5, 0.6) is 0 Å². The number of hydrogen-bond donors (Lipinski definition) is 1. The Morgan fingerprint density at radius 3 is 2.62 bits per heavy atom. The predicted octanol–water partition coefficient (Wildman–Crippen LogP) is 2.70. The fourth-order valence-corrected chi connectivity index (χ4v) is 2.14. The summed E-state index contributed by atoms with van der Waals surface area (Å²) < 4.78 is 0. The lowest BCUT2D eigenvalue weighted by Crippen LogP contribution is -2.48. The monoisotopic (exact) mass is 182 g/mol. The summed E-state index contributed by atoms with van der Waals surface area (Å²) in [5.74, 6) is -0.228. The Balaban J connectivity index is 2.53. The molecule has 0 unspecified atom stereocenters. The molecule has 1 saturated carbocycles. The van der Waals surface area contributed by atoms with Crippen molar-refractivity contribution in [2.75, 3.05) is 0 Å². The van der Waals surface area contributed by atoms with Crippen LogP contribution in [0.3, 0.4) is 0 Å². The van der Waals surface area contributed by atoms with E-state index in [2.05, 4.69) is 19.9 Å². The molecule has 0 aliphatic heterocycles. The molecule has 0 bridgehead atoms. The Bertz CT molecular complexity index is 228. The van der Waals surface area contributed by atoms with Crippen LogP contribution in [0.4, 0.5) is 0 Å². The minimum Gasteiger partial charge on any atom is -0.481 e. The first kappa shape index (κ1) is 10.3. The standard InChI is InChI=1S/C11H18O2/c1-4-5-6-8-7-9(10(12)13)11(8,2)3/h4-5,8-9H,6-7H2,1-3H3,(H,12,13)/b5-4-/t8-,9-/m1/s1. The first-order valence-corrected chi connectivity index (χ1v) is 4.84. The second-order valence-electron chi connectivity index (χ2n) is 4.45. The van der Waals surface area contributed by atoms with E-state index in [1.807, 2.05) is 13.0 Å². The van der Waals surface area contributed by atoms with E-state index in [-0.39, 0.29) is 11.3 Å². The molecule has 0 heterocycles. The lowest BCUT2D eigenvalue weighted by molar-refractivity contribution is -0.158. The average molecular weight is 182 g/mol. The first-order valence-electron chi connectivity index (χ1n) is 4.84. The molecule has 2 nitrogen and oxygen atoms in total. The van der Waals surface area contributed by atoms with Gasteiger partial charge >= 0.3 is 5.97 Å². The van der Waals surface area contributed by atoms with Gasteiger partial charge in [-0.2, -0.15) is 0 Å². The second kappa shape index (κ2) is 3.52. The highest BCUT2D eigenvalue weighted by Gasteiger charge is 2.50. The zero-order valence-corrected chi connectivity index (χ0v) is 8.58. The summed E-state index contributed by atoms with van der Waals surface area (Å²) in [6.07, 6.45) is 6.02. The lowest BCUT2D eigenvalue weighted by atomic mass is 9.54. The van der Waals surface area contributed by atoms with Gasteiger partial charge in [0.1, 0.15) is 0 Å². The van der Waals surface area contributed by atoms with Crippen LogP contribution in [0.25, 0.3) is 0 Å². The molecule has 13 heavy (non-hydrogen) atoms. The summed E-state index contributed by atoms with van der Waals surface area (Å²) in [7, 11) is 0. The summed E-state index contributed by atoms with van der Waals surface area (Å²) in [4.78, 5) is 10.8. The van der Waals surface area contributed by atoms with Gasteiger partial charge < -0.3 is 5.11 Å². The number of carbonyl (C=O) groups is 1. The molecule has 0 amide bonds. The number of hydrogen-bond acceptors (Lipinski definition) is 1. The second-order valence-corrected chi connectivity index (χ2v) is 4.45. The smallest absolute Gasteiger partial charge is 0.307 e. The molecule has 1 rings (SSSR count). The van der Waals surface area contributed by atoms with Gasteiger partial charge in [0, 0.05) is 0 Å². The van der Waals surface area contributed by atoms with Crippen LogP contribution < -0.4 is 0 Å². The Morgan fingerprint density at radius 1 is 1.62 bits per heavy atom. The largest absolute Gasteiger partial charge is 0.481 e. The average Bonchev–Trinajstić information content (AvgIpc) is 2.02. The maximum atomic E-state index is 10.8. The van der Waals surface area contributed by atoms with Crippen LogP contribution in [0, 0.1) is 17.3 Å². The van der Waals surface area contributed by atoms with Crippen LogP contribution in [0.1, 0.15) is 33.6 Å². The Morgan fingerprint density at radius 2 is 2.23 bits per heavy atom. The van der Waals surface area contributed by atoms with Crippen LogP contribution in [-0.2, 0) is 4.79 Å². The van der Waals surface area contributed by atoms with Gasteiger partial charge in [-0.25, -0.2) is 0 Å². The van der Waals surface area contributed by atoms with E-state index in [1.54, 1.807) is 0 Å². The van der Waals surface area contributed by atoms with Crippen molar-refractivity contribution in [2.24, 2.45) is 17.3 Å². The van der Waals surface area contributed by atoms with E-state index in [0.29, 0.717) is 5.92 Å². The fourth-order valence-electron chi connectivity index (χ4n) is 2.14. The molecule has 0 aromatic rings. The van der Waals surface area contributed by atoms with Gasteiger partial charge in [0.25, 0.3) is 0 Å². The van der Waals surface area contributed by atoms with Crippen LogP contribution in [-0.4, -0.2) is 11.1 Å². The van der Waals surface area contributed by atoms with E-state index in [1.165, 1.54) is 0 Å². The molecule has 2 atom stereocenters. The van der Waals surface area contributed by atoms with Gasteiger partial charge in [0.05, 0.1) is 5.92 Å². The quantitative estimate of drug-likeness (QED) is 0.681. The van der Waals surface area contributed by atoms with Crippen molar-refractivity contribution >= 4 is 5.97 Å². The van der Waals surface area contributed by atoms with E-state index < -0.39 is 5.97 Å². The Labute approximate surface area is 79.6 Å². The van der Waals surface area contributed by atoms with E-state index in [9.17, 15) is 4.79 Å². The van der Waals surface area contributed by atoms with Crippen molar-refractivity contribution in [2.45, 2.75) is 33.6 Å². The third-order valence-corrected chi connectivity index (χ3v) is 3.42. The van der Waals surface area contributed by atoms with Crippen molar-refractivity contribution in [1.82, 2.24) is 0 Å². The molecule has 1 aliphatic carbocycles. The fraction of sp³-hybridized carbons (Fsp3) is 0.727. The van der Waals surface area contributed by atoms with E-state index in [4.69, 9.17) is 5.11 Å². The van der Waals surface area contributed by atoms with Crippen LogP contribution in [0.15, 0.2) is 12.2 Å². The predicted molar refractivity (Wildman–Crippen MR) is 52.4 cm³/mol. The SMILES string of the molecule is C/C=C\C[C@@H]1C[C@H](C(=O)O)C1(C)C. The van der Waals surface area contributed by atoms with Gasteiger partial charge in [-0.15, -0.1) is 0 Å².